The van der Waals surface area contributed by atoms with Crippen molar-refractivity contribution in [1.29, 1.82) is 0 Å². The molecule has 2 fully saturated rings. The second-order valence-corrected chi connectivity index (χ2v) is 7.55. The molecule has 7 nitrogen and oxygen atoms in total. The summed E-state index contributed by atoms with van der Waals surface area (Å²) >= 11 is 0. The Balaban J connectivity index is 1.72. The Bertz CT molecular complexity index is 629. The second-order valence-electron chi connectivity index (χ2n) is 5.61. The monoisotopic (exact) mass is 325 g/mol. The van der Waals surface area contributed by atoms with E-state index in [9.17, 15) is 13.3 Å². The third-order valence-electron chi connectivity index (χ3n) is 4.26. The number of nitrogens with one attached hydrogen (secondary N) is 1. The van der Waals surface area contributed by atoms with Gasteiger partial charge in [-0.05, 0) is 42.4 Å². The molecule has 22 heavy (non-hydrogen) atoms. The molecule has 8 heteroatoms. The van der Waals surface area contributed by atoms with Crippen molar-refractivity contribution in [2.45, 2.75) is 29.9 Å². The number of nitrogens with zero attached hydrogens (tertiary/aromatic N) is 2. The maximum atomic E-state index is 12.6. The second kappa shape index (κ2) is 6.04. The van der Waals surface area contributed by atoms with Crippen molar-refractivity contribution in [2.75, 3.05) is 26.2 Å². The number of benzene rings is 1. The predicted molar refractivity (Wildman–Crippen MR) is 81.2 cm³/mol. The van der Waals surface area contributed by atoms with Crippen molar-refractivity contribution >= 4 is 15.7 Å². The van der Waals surface area contributed by atoms with Crippen LogP contribution < -0.4 is 5.32 Å². The van der Waals surface area contributed by atoms with Crippen LogP contribution in [0.15, 0.2) is 34.3 Å². The smallest absolute Gasteiger partial charge is 0.243 e. The van der Waals surface area contributed by atoms with Crippen LogP contribution in [0, 0.1) is 4.91 Å². The molecule has 1 N–H and O–H groups in total. The SMILES string of the molecule is O=Nc1ccc(S(=O)(=O)N2CCC3(CC2)NCCCO3)cc1. The van der Waals surface area contributed by atoms with E-state index in [1.165, 1.54) is 28.6 Å². The van der Waals surface area contributed by atoms with E-state index in [4.69, 9.17) is 4.74 Å². The molecule has 0 atom stereocenters. The molecule has 2 aliphatic rings. The molecule has 2 saturated heterocycles. The van der Waals surface area contributed by atoms with Gasteiger partial charge in [-0.25, -0.2) is 8.42 Å². The van der Waals surface area contributed by atoms with Crippen molar-refractivity contribution in [1.82, 2.24) is 9.62 Å². The first kappa shape index (κ1) is 15.5. The lowest BCUT2D eigenvalue weighted by molar-refractivity contribution is -0.119. The molecule has 3 rings (SSSR count). The van der Waals surface area contributed by atoms with Gasteiger partial charge in [0, 0.05) is 25.9 Å². The highest BCUT2D eigenvalue weighted by Gasteiger charge is 2.40. The normalized spacial score (nSPS) is 22.5. The van der Waals surface area contributed by atoms with E-state index in [0.29, 0.717) is 25.9 Å². The summed E-state index contributed by atoms with van der Waals surface area (Å²) in [5.74, 6) is 0. The zero-order valence-electron chi connectivity index (χ0n) is 12.2. The highest BCUT2D eigenvalue weighted by molar-refractivity contribution is 7.89. The topological polar surface area (TPSA) is 88.1 Å². The van der Waals surface area contributed by atoms with Gasteiger partial charge in [-0.3, -0.25) is 5.32 Å². The van der Waals surface area contributed by atoms with Crippen molar-refractivity contribution in [3.63, 3.8) is 0 Å². The molecule has 0 bridgehead atoms. The zero-order valence-corrected chi connectivity index (χ0v) is 13.0. The highest BCUT2D eigenvalue weighted by atomic mass is 32.2. The Kier molecular flexibility index (Phi) is 4.26. The lowest BCUT2D eigenvalue weighted by Gasteiger charge is -2.43. The Morgan fingerprint density at radius 2 is 1.86 bits per heavy atom. The van der Waals surface area contributed by atoms with Gasteiger partial charge in [0.25, 0.3) is 0 Å². The van der Waals surface area contributed by atoms with Crippen molar-refractivity contribution < 1.29 is 13.2 Å². The van der Waals surface area contributed by atoms with Gasteiger partial charge in [0.05, 0.1) is 11.5 Å². The minimum atomic E-state index is -3.54. The first-order valence-electron chi connectivity index (χ1n) is 7.38. The highest BCUT2D eigenvalue weighted by Crippen LogP contribution is 2.29. The quantitative estimate of drug-likeness (QED) is 0.852. The van der Waals surface area contributed by atoms with Crippen LogP contribution in [0.4, 0.5) is 5.69 Å². The van der Waals surface area contributed by atoms with Crippen molar-refractivity contribution in [3.05, 3.63) is 29.2 Å². The molecule has 120 valence electrons. The summed E-state index contributed by atoms with van der Waals surface area (Å²) in [6, 6.07) is 5.67. The lowest BCUT2D eigenvalue weighted by Crippen LogP contribution is -2.58. The van der Waals surface area contributed by atoms with Gasteiger partial charge in [-0.2, -0.15) is 4.31 Å². The Labute approximate surface area is 129 Å². The van der Waals surface area contributed by atoms with Gasteiger partial charge in [0.2, 0.25) is 10.0 Å². The van der Waals surface area contributed by atoms with Gasteiger partial charge < -0.3 is 4.74 Å². The largest absolute Gasteiger partial charge is 0.360 e. The number of sulfonamides is 1. The fraction of sp³-hybridized carbons (Fsp3) is 0.571. The van der Waals surface area contributed by atoms with E-state index in [1.54, 1.807) is 0 Å². The van der Waals surface area contributed by atoms with Crippen LogP contribution in [0.3, 0.4) is 0 Å². The molecule has 1 aromatic rings. The van der Waals surface area contributed by atoms with Gasteiger partial charge in [-0.15, -0.1) is 4.91 Å². The first-order valence-corrected chi connectivity index (χ1v) is 8.82. The summed E-state index contributed by atoms with van der Waals surface area (Å²) in [7, 11) is -3.54. The number of rotatable bonds is 3. The van der Waals surface area contributed by atoms with E-state index in [0.717, 1.165) is 19.6 Å². The van der Waals surface area contributed by atoms with E-state index < -0.39 is 10.0 Å². The van der Waals surface area contributed by atoms with Gasteiger partial charge in [0.15, 0.2) is 0 Å². The predicted octanol–water partition coefficient (Wildman–Crippen LogP) is 1.58. The molecule has 0 radical (unpaired) electrons. The van der Waals surface area contributed by atoms with Crippen LogP contribution in [-0.4, -0.2) is 44.7 Å². The molecule has 1 aromatic carbocycles. The summed E-state index contributed by atoms with van der Waals surface area (Å²) in [5, 5.41) is 6.15. The van der Waals surface area contributed by atoms with Crippen LogP contribution in [0.1, 0.15) is 19.3 Å². The number of hydrogen-bond acceptors (Lipinski definition) is 6. The third-order valence-corrected chi connectivity index (χ3v) is 6.17. The standard InChI is InChI=1S/C14H19N3O4S/c18-16-12-2-4-13(5-3-12)22(19,20)17-9-6-14(7-10-17)15-8-1-11-21-14/h2-5,15H,1,6-11H2. The minimum absolute atomic E-state index is 0.188. The Morgan fingerprint density at radius 3 is 2.41 bits per heavy atom. The molecule has 0 saturated carbocycles. The van der Waals surface area contributed by atoms with Crippen molar-refractivity contribution in [2.24, 2.45) is 5.18 Å². The molecule has 0 aliphatic carbocycles. The van der Waals surface area contributed by atoms with Crippen molar-refractivity contribution in [3.8, 4) is 0 Å². The Hall–Kier alpha value is -1.35. The Morgan fingerprint density at radius 1 is 1.18 bits per heavy atom. The maximum absolute atomic E-state index is 12.6. The summed E-state index contributed by atoms with van der Waals surface area (Å²) in [6.07, 6.45) is 2.27. The molecule has 1 spiro atoms. The van der Waals surface area contributed by atoms with Crippen LogP contribution in [0.25, 0.3) is 0 Å². The molecule has 0 unspecified atom stereocenters. The van der Waals surface area contributed by atoms with Gasteiger partial charge in [0.1, 0.15) is 11.4 Å². The summed E-state index contributed by atoms with van der Waals surface area (Å²) in [5.41, 5.74) is -0.147. The lowest BCUT2D eigenvalue weighted by atomic mass is 10.0. The van der Waals surface area contributed by atoms with E-state index in [-0.39, 0.29) is 16.3 Å². The number of ether oxygens (including phenoxy) is 1. The van der Waals surface area contributed by atoms with Gasteiger partial charge >= 0.3 is 0 Å². The number of hydrogen-bond donors (Lipinski definition) is 1. The fourth-order valence-corrected chi connectivity index (χ4v) is 4.39. The minimum Gasteiger partial charge on any atom is -0.360 e. The van der Waals surface area contributed by atoms with E-state index in [1.807, 2.05) is 0 Å². The van der Waals surface area contributed by atoms with E-state index >= 15 is 0 Å². The van der Waals surface area contributed by atoms with Crippen LogP contribution in [0.5, 0.6) is 0 Å². The number of piperidine rings is 1. The molecule has 2 heterocycles. The average Bonchev–Trinajstić information content (AvgIpc) is 2.56. The molecular formula is C14H19N3O4S. The van der Waals surface area contributed by atoms with Crippen LogP contribution in [0.2, 0.25) is 0 Å². The molecular weight excluding hydrogens is 306 g/mol. The van der Waals surface area contributed by atoms with E-state index in [2.05, 4.69) is 10.5 Å². The summed E-state index contributed by atoms with van der Waals surface area (Å²) < 4.78 is 32.5. The van der Waals surface area contributed by atoms with Crippen LogP contribution in [-0.2, 0) is 14.8 Å². The average molecular weight is 325 g/mol. The molecule has 2 aliphatic heterocycles. The molecule has 0 amide bonds. The molecule has 0 aromatic heterocycles. The summed E-state index contributed by atoms with van der Waals surface area (Å²) in [6.45, 7) is 2.47. The third kappa shape index (κ3) is 2.91. The number of nitroso groups, excluding NO2 is 1. The summed E-state index contributed by atoms with van der Waals surface area (Å²) in [4.78, 5) is 10.6. The fourth-order valence-electron chi connectivity index (χ4n) is 2.94. The first-order chi connectivity index (χ1) is 10.6. The maximum Gasteiger partial charge on any atom is 0.243 e. The van der Waals surface area contributed by atoms with Crippen LogP contribution >= 0.6 is 0 Å². The van der Waals surface area contributed by atoms with Gasteiger partial charge in [-0.1, -0.05) is 0 Å². The zero-order chi connectivity index (χ0) is 15.6.